The molecule has 1 saturated carbocycles. The van der Waals surface area contributed by atoms with E-state index in [1.807, 2.05) is 0 Å². The van der Waals surface area contributed by atoms with Crippen molar-refractivity contribution in [3.63, 3.8) is 0 Å². The molecule has 0 spiro atoms. The van der Waals surface area contributed by atoms with Crippen LogP contribution in [0.5, 0.6) is 0 Å². The quantitative estimate of drug-likeness (QED) is 0.562. The van der Waals surface area contributed by atoms with Crippen molar-refractivity contribution in [3.05, 3.63) is 11.1 Å². The number of hydrogen-bond acceptors (Lipinski definition) is 4. The predicted octanol–water partition coefficient (Wildman–Crippen LogP) is 3.18. The Morgan fingerprint density at radius 3 is 2.35 bits per heavy atom. The van der Waals surface area contributed by atoms with Gasteiger partial charge in [-0.2, -0.15) is 0 Å². The molecule has 0 heterocycles. The zero-order valence-electron chi connectivity index (χ0n) is 11.0. The summed E-state index contributed by atoms with van der Waals surface area (Å²) in [6.45, 7) is 4.13. The standard InChI is InChI=1S/C12H21O4P/c1-9(2)10-5-6-11(7-10)12(13)8-17(14,15-3)16-4/h11H,5-8H2,1-4H3. The van der Waals surface area contributed by atoms with Gasteiger partial charge in [0.1, 0.15) is 11.9 Å². The number of allylic oxidation sites excluding steroid dienone is 2. The molecule has 5 heteroatoms. The molecule has 0 radical (unpaired) electrons. The van der Waals surface area contributed by atoms with E-state index in [0.717, 1.165) is 19.3 Å². The third kappa shape index (κ3) is 3.77. The Morgan fingerprint density at radius 1 is 1.35 bits per heavy atom. The molecule has 1 aliphatic rings. The average Bonchev–Trinajstić information content (AvgIpc) is 2.78. The van der Waals surface area contributed by atoms with Gasteiger partial charge in [-0.05, 0) is 33.1 Å². The van der Waals surface area contributed by atoms with Gasteiger partial charge in [-0.1, -0.05) is 11.1 Å². The maximum atomic E-state index is 12.0. The fourth-order valence-corrected chi connectivity index (χ4v) is 3.15. The van der Waals surface area contributed by atoms with Gasteiger partial charge in [0.2, 0.25) is 0 Å². The smallest absolute Gasteiger partial charge is 0.312 e. The minimum atomic E-state index is -3.20. The van der Waals surface area contributed by atoms with Crippen molar-refractivity contribution in [1.82, 2.24) is 0 Å². The molecule has 0 amide bonds. The van der Waals surface area contributed by atoms with Gasteiger partial charge < -0.3 is 9.05 Å². The van der Waals surface area contributed by atoms with Crippen molar-refractivity contribution in [1.29, 1.82) is 0 Å². The lowest BCUT2D eigenvalue weighted by Crippen LogP contribution is -2.16. The van der Waals surface area contributed by atoms with Gasteiger partial charge in [0.15, 0.2) is 0 Å². The summed E-state index contributed by atoms with van der Waals surface area (Å²) in [5, 5.41) is 0. The summed E-state index contributed by atoms with van der Waals surface area (Å²) in [6, 6.07) is 0. The van der Waals surface area contributed by atoms with E-state index < -0.39 is 7.60 Å². The SMILES string of the molecule is COP(=O)(CC(=O)C1CCC(=C(C)C)C1)OC. The van der Waals surface area contributed by atoms with Crippen LogP contribution >= 0.6 is 7.60 Å². The predicted molar refractivity (Wildman–Crippen MR) is 67.2 cm³/mol. The first-order valence-electron chi connectivity index (χ1n) is 5.80. The number of hydrogen-bond donors (Lipinski definition) is 0. The Balaban J connectivity index is 2.62. The average molecular weight is 260 g/mol. The monoisotopic (exact) mass is 260 g/mol. The lowest BCUT2D eigenvalue weighted by atomic mass is 10.0. The fraction of sp³-hybridized carbons (Fsp3) is 0.750. The Hall–Kier alpha value is -0.440. The number of ketones is 1. The first kappa shape index (κ1) is 14.6. The number of rotatable bonds is 5. The highest BCUT2D eigenvalue weighted by molar-refractivity contribution is 7.54. The van der Waals surface area contributed by atoms with Gasteiger partial charge in [-0.15, -0.1) is 0 Å². The van der Waals surface area contributed by atoms with E-state index in [9.17, 15) is 9.36 Å². The van der Waals surface area contributed by atoms with Crippen LogP contribution in [-0.2, 0) is 18.4 Å². The molecule has 1 unspecified atom stereocenters. The van der Waals surface area contributed by atoms with Crippen LogP contribution in [0.1, 0.15) is 33.1 Å². The summed E-state index contributed by atoms with van der Waals surface area (Å²) in [4.78, 5) is 12.0. The van der Waals surface area contributed by atoms with Crippen LogP contribution in [0, 0.1) is 5.92 Å². The van der Waals surface area contributed by atoms with E-state index in [0.29, 0.717) is 0 Å². The van der Waals surface area contributed by atoms with Crippen LogP contribution in [0.3, 0.4) is 0 Å². The van der Waals surface area contributed by atoms with E-state index in [1.165, 1.54) is 25.4 Å². The molecule has 1 fully saturated rings. The summed E-state index contributed by atoms with van der Waals surface area (Å²) in [6.07, 6.45) is 2.52. The minimum absolute atomic E-state index is 0.00622. The normalized spacial score (nSPS) is 20.7. The van der Waals surface area contributed by atoms with E-state index in [2.05, 4.69) is 13.8 Å². The van der Waals surface area contributed by atoms with E-state index in [1.54, 1.807) is 0 Å². The summed E-state index contributed by atoms with van der Waals surface area (Å²) < 4.78 is 21.4. The van der Waals surface area contributed by atoms with Crippen molar-refractivity contribution in [2.45, 2.75) is 33.1 Å². The number of Topliss-reactive ketones (excluding diaryl/α,β-unsaturated/α-hetero) is 1. The summed E-state index contributed by atoms with van der Waals surface area (Å²) in [7, 11) is -0.572. The maximum Gasteiger partial charge on any atom is 0.337 e. The van der Waals surface area contributed by atoms with Crippen molar-refractivity contribution >= 4 is 13.4 Å². The molecule has 1 aliphatic carbocycles. The van der Waals surface area contributed by atoms with Crippen LogP contribution in [0.2, 0.25) is 0 Å². The molecule has 98 valence electrons. The van der Waals surface area contributed by atoms with Crippen molar-refractivity contribution < 1.29 is 18.4 Å². The lowest BCUT2D eigenvalue weighted by Gasteiger charge is -2.15. The Bertz CT molecular complexity index is 361. The third-order valence-corrected chi connectivity index (χ3v) is 5.17. The molecule has 17 heavy (non-hydrogen) atoms. The van der Waals surface area contributed by atoms with Gasteiger partial charge in [0.05, 0.1) is 0 Å². The van der Waals surface area contributed by atoms with E-state index in [4.69, 9.17) is 9.05 Å². The van der Waals surface area contributed by atoms with Gasteiger partial charge >= 0.3 is 7.60 Å². The molecule has 0 bridgehead atoms. The van der Waals surface area contributed by atoms with Crippen LogP contribution in [0.15, 0.2) is 11.1 Å². The molecule has 0 aromatic heterocycles. The van der Waals surface area contributed by atoms with E-state index in [-0.39, 0.29) is 17.9 Å². The summed E-state index contributed by atoms with van der Waals surface area (Å²) >= 11 is 0. The first-order chi connectivity index (χ1) is 7.91. The first-order valence-corrected chi connectivity index (χ1v) is 7.53. The molecule has 4 nitrogen and oxygen atoms in total. The molecule has 0 saturated heterocycles. The molecule has 1 atom stereocenters. The topological polar surface area (TPSA) is 52.6 Å². The van der Waals surface area contributed by atoms with Gasteiger partial charge in [-0.3, -0.25) is 9.36 Å². The number of carbonyl (C=O) groups excluding carboxylic acids is 1. The third-order valence-electron chi connectivity index (χ3n) is 3.36. The van der Waals surface area contributed by atoms with Crippen molar-refractivity contribution in [2.75, 3.05) is 20.4 Å². The zero-order chi connectivity index (χ0) is 13.1. The summed E-state index contributed by atoms with van der Waals surface area (Å²) in [5.41, 5.74) is 2.65. The molecular weight excluding hydrogens is 239 g/mol. The van der Waals surface area contributed by atoms with Crippen molar-refractivity contribution in [3.8, 4) is 0 Å². The van der Waals surface area contributed by atoms with Gasteiger partial charge in [0, 0.05) is 20.1 Å². The summed E-state index contributed by atoms with van der Waals surface area (Å²) in [5.74, 6) is -0.0215. The van der Waals surface area contributed by atoms with Crippen LogP contribution in [0.4, 0.5) is 0 Å². The molecule has 0 aromatic carbocycles. The Kier molecular flexibility index (Phi) is 5.11. The van der Waals surface area contributed by atoms with E-state index >= 15 is 0 Å². The highest BCUT2D eigenvalue weighted by Gasteiger charge is 2.33. The second kappa shape index (κ2) is 5.94. The van der Waals surface area contributed by atoms with Gasteiger partial charge in [-0.25, -0.2) is 0 Å². The number of carbonyl (C=O) groups is 1. The minimum Gasteiger partial charge on any atom is -0.312 e. The molecule has 0 aliphatic heterocycles. The Labute approximate surface area is 103 Å². The van der Waals surface area contributed by atoms with Gasteiger partial charge in [0.25, 0.3) is 0 Å². The maximum absolute atomic E-state index is 12.0. The Morgan fingerprint density at radius 2 is 1.94 bits per heavy atom. The molecular formula is C12H21O4P. The largest absolute Gasteiger partial charge is 0.337 e. The molecule has 0 N–H and O–H groups in total. The molecule has 0 aromatic rings. The zero-order valence-corrected chi connectivity index (χ0v) is 11.9. The second-order valence-corrected chi connectivity index (χ2v) is 6.91. The second-order valence-electron chi connectivity index (χ2n) is 4.64. The van der Waals surface area contributed by atoms with Crippen LogP contribution in [-0.4, -0.2) is 26.2 Å². The molecule has 1 rings (SSSR count). The van der Waals surface area contributed by atoms with Crippen LogP contribution in [0.25, 0.3) is 0 Å². The highest BCUT2D eigenvalue weighted by Crippen LogP contribution is 2.47. The highest BCUT2D eigenvalue weighted by atomic mass is 31.2. The van der Waals surface area contributed by atoms with Crippen molar-refractivity contribution in [2.24, 2.45) is 5.92 Å². The fourth-order valence-electron chi connectivity index (χ4n) is 2.10. The van der Waals surface area contributed by atoms with Crippen LogP contribution < -0.4 is 0 Å². The lowest BCUT2D eigenvalue weighted by molar-refractivity contribution is -0.120.